The lowest BCUT2D eigenvalue weighted by atomic mass is 10.0. The smallest absolute Gasteiger partial charge is 0.420 e. The predicted molar refractivity (Wildman–Crippen MR) is 106 cm³/mol. The van der Waals surface area contributed by atoms with Crippen molar-refractivity contribution in [2.45, 2.75) is 12.7 Å². The molecule has 0 spiro atoms. The molecule has 174 valence electrons. The van der Waals surface area contributed by atoms with Crippen LogP contribution >= 0.6 is 0 Å². The summed E-state index contributed by atoms with van der Waals surface area (Å²) in [4.78, 5) is 28.7. The Bertz CT molecular complexity index is 1220. The number of pyridine rings is 1. The van der Waals surface area contributed by atoms with Crippen LogP contribution in [0, 0.1) is 5.82 Å². The molecule has 1 fully saturated rings. The molecule has 33 heavy (non-hydrogen) atoms. The number of morpholine rings is 1. The van der Waals surface area contributed by atoms with Gasteiger partial charge >= 0.3 is 12.3 Å². The van der Waals surface area contributed by atoms with Crippen molar-refractivity contribution in [3.05, 3.63) is 53.2 Å². The Hall–Kier alpha value is -3.67. The maximum absolute atomic E-state index is 14.4. The van der Waals surface area contributed by atoms with Crippen molar-refractivity contribution in [3.63, 3.8) is 0 Å². The van der Waals surface area contributed by atoms with E-state index in [1.807, 2.05) is 5.32 Å². The number of nitrogens with zero attached hydrogens (tertiary/aromatic N) is 2. The van der Waals surface area contributed by atoms with Gasteiger partial charge in [-0.15, -0.1) is 0 Å². The van der Waals surface area contributed by atoms with Crippen LogP contribution in [-0.4, -0.2) is 53.3 Å². The number of benzene rings is 1. The largest absolute Gasteiger partial charge is 0.465 e. The molecule has 0 atom stereocenters. The Balaban J connectivity index is 1.77. The summed E-state index contributed by atoms with van der Waals surface area (Å²) in [7, 11) is 0. The van der Waals surface area contributed by atoms with E-state index in [-0.39, 0.29) is 55.3 Å². The van der Waals surface area contributed by atoms with Gasteiger partial charge in [0.1, 0.15) is 11.3 Å². The molecule has 8 nitrogen and oxygen atoms in total. The molecule has 12 heteroatoms. The van der Waals surface area contributed by atoms with Gasteiger partial charge in [0.25, 0.3) is 5.91 Å². The Morgan fingerprint density at radius 2 is 1.88 bits per heavy atom. The fourth-order valence-corrected chi connectivity index (χ4v) is 3.48. The number of nitrogens with one attached hydrogen (secondary N) is 1. The lowest BCUT2D eigenvalue weighted by Gasteiger charge is -2.26. The van der Waals surface area contributed by atoms with Crippen LogP contribution in [0.4, 0.5) is 22.4 Å². The number of hydrogen-bond donors (Lipinski definition) is 2. The van der Waals surface area contributed by atoms with Gasteiger partial charge in [-0.3, -0.25) is 4.79 Å². The molecule has 0 saturated carbocycles. The minimum Gasteiger partial charge on any atom is -0.465 e. The molecular formula is C21H17F4N3O5. The third kappa shape index (κ3) is 4.75. The lowest BCUT2D eigenvalue weighted by Crippen LogP contribution is -2.41. The number of ether oxygens (including phenoxy) is 1. The molecule has 1 aliphatic rings. The van der Waals surface area contributed by atoms with Gasteiger partial charge in [0.05, 0.1) is 31.0 Å². The monoisotopic (exact) mass is 467 g/mol. The average molecular weight is 467 g/mol. The second-order valence-corrected chi connectivity index (χ2v) is 7.24. The first-order valence-corrected chi connectivity index (χ1v) is 9.78. The fourth-order valence-electron chi connectivity index (χ4n) is 3.48. The van der Waals surface area contributed by atoms with Gasteiger partial charge in [-0.2, -0.15) is 13.2 Å². The predicted octanol–water partition coefficient (Wildman–Crippen LogP) is 3.89. The van der Waals surface area contributed by atoms with E-state index in [1.165, 1.54) is 23.1 Å². The van der Waals surface area contributed by atoms with Crippen molar-refractivity contribution in [2.24, 2.45) is 0 Å². The van der Waals surface area contributed by atoms with E-state index in [1.54, 1.807) is 0 Å². The Morgan fingerprint density at radius 1 is 1.15 bits per heavy atom. The van der Waals surface area contributed by atoms with Crippen LogP contribution in [0.15, 0.2) is 34.7 Å². The first-order chi connectivity index (χ1) is 15.6. The van der Waals surface area contributed by atoms with Gasteiger partial charge in [0.2, 0.25) is 0 Å². The van der Waals surface area contributed by atoms with E-state index in [2.05, 4.69) is 4.98 Å². The van der Waals surface area contributed by atoms with Crippen LogP contribution in [0.5, 0.6) is 0 Å². The van der Waals surface area contributed by atoms with Crippen molar-refractivity contribution in [1.82, 2.24) is 15.2 Å². The summed E-state index contributed by atoms with van der Waals surface area (Å²) in [6.45, 7) is 0.743. The van der Waals surface area contributed by atoms with E-state index in [4.69, 9.17) is 14.3 Å². The Morgan fingerprint density at radius 3 is 2.55 bits per heavy atom. The van der Waals surface area contributed by atoms with Crippen LogP contribution in [0.1, 0.15) is 21.8 Å². The molecule has 0 radical (unpaired) electrons. The van der Waals surface area contributed by atoms with Crippen LogP contribution < -0.4 is 5.32 Å². The minimum atomic E-state index is -4.80. The summed E-state index contributed by atoms with van der Waals surface area (Å²) >= 11 is 0. The van der Waals surface area contributed by atoms with E-state index in [0.717, 1.165) is 12.1 Å². The number of alkyl halides is 3. The zero-order valence-electron chi connectivity index (χ0n) is 16.9. The van der Waals surface area contributed by atoms with Crippen LogP contribution in [0.2, 0.25) is 0 Å². The molecule has 2 aromatic heterocycles. The van der Waals surface area contributed by atoms with Crippen molar-refractivity contribution >= 4 is 23.0 Å². The number of rotatable bonds is 4. The maximum atomic E-state index is 14.4. The highest BCUT2D eigenvalue weighted by molar-refractivity contribution is 5.93. The molecule has 2 N–H and O–H groups in total. The lowest BCUT2D eigenvalue weighted by molar-refractivity contribution is -0.136. The topological polar surface area (TPSA) is 105 Å². The number of carbonyl (C=O) groups is 2. The van der Waals surface area contributed by atoms with Gasteiger partial charge in [0.15, 0.2) is 11.5 Å². The van der Waals surface area contributed by atoms with E-state index in [9.17, 15) is 27.2 Å². The number of carbonyl (C=O) groups excluding carboxylic acids is 1. The SMILES string of the molecule is O=C(O)NCc1cc2cc(-c3ccc(F)c(C(=O)N4CCOCC4)n3)cc(C(F)(F)F)c2o1. The second-order valence-electron chi connectivity index (χ2n) is 7.24. The first kappa shape index (κ1) is 22.5. The number of hydrogen-bond acceptors (Lipinski definition) is 5. The average Bonchev–Trinajstić information content (AvgIpc) is 3.19. The number of fused-ring (bicyclic) bond motifs is 1. The first-order valence-electron chi connectivity index (χ1n) is 9.78. The van der Waals surface area contributed by atoms with Crippen LogP contribution in [-0.2, 0) is 17.5 Å². The molecule has 1 aliphatic heterocycles. The summed E-state index contributed by atoms with van der Waals surface area (Å²) in [6, 6.07) is 5.57. The van der Waals surface area contributed by atoms with E-state index < -0.39 is 40.8 Å². The Labute approximate surface area is 183 Å². The molecule has 2 amide bonds. The molecule has 4 rings (SSSR count). The minimum absolute atomic E-state index is 0.00982. The number of halogens is 4. The third-order valence-electron chi connectivity index (χ3n) is 5.03. The zero-order chi connectivity index (χ0) is 23.8. The third-order valence-corrected chi connectivity index (χ3v) is 5.03. The van der Waals surface area contributed by atoms with Gasteiger partial charge in [0, 0.05) is 24.0 Å². The number of amides is 2. The molecule has 3 heterocycles. The van der Waals surface area contributed by atoms with Crippen molar-refractivity contribution < 1.29 is 41.4 Å². The van der Waals surface area contributed by atoms with Crippen molar-refractivity contribution in [1.29, 1.82) is 0 Å². The zero-order valence-corrected chi connectivity index (χ0v) is 16.9. The molecule has 1 aromatic carbocycles. The Kier molecular flexibility index (Phi) is 5.93. The van der Waals surface area contributed by atoms with Crippen LogP contribution in [0.3, 0.4) is 0 Å². The fraction of sp³-hybridized carbons (Fsp3) is 0.286. The van der Waals surface area contributed by atoms with E-state index in [0.29, 0.717) is 0 Å². The molecular weight excluding hydrogens is 450 g/mol. The van der Waals surface area contributed by atoms with Gasteiger partial charge in [-0.1, -0.05) is 0 Å². The summed E-state index contributed by atoms with van der Waals surface area (Å²) in [5.41, 5.74) is -2.12. The van der Waals surface area contributed by atoms with E-state index >= 15 is 0 Å². The summed E-state index contributed by atoms with van der Waals surface area (Å²) < 4.78 is 66.0. The normalized spacial score (nSPS) is 14.5. The highest BCUT2D eigenvalue weighted by Gasteiger charge is 2.35. The molecule has 3 aromatic rings. The van der Waals surface area contributed by atoms with Crippen molar-refractivity contribution in [3.8, 4) is 11.3 Å². The van der Waals surface area contributed by atoms with Crippen LogP contribution in [0.25, 0.3) is 22.2 Å². The number of furan rings is 1. The summed E-state index contributed by atoms with van der Waals surface area (Å²) in [6.07, 6.45) is -6.16. The highest BCUT2D eigenvalue weighted by atomic mass is 19.4. The molecule has 1 saturated heterocycles. The molecule has 0 unspecified atom stereocenters. The second kappa shape index (κ2) is 8.70. The molecule has 0 bridgehead atoms. The standard InChI is InChI=1S/C21H17F4N3O5/c22-15-1-2-16(27-17(15)19(29)28-3-5-32-6-4-28)11-7-12-8-13(10-26-20(30)31)33-18(12)14(9-11)21(23,24)25/h1-2,7-9,26H,3-6,10H2,(H,30,31). The quantitative estimate of drug-likeness (QED) is 0.564. The molecule has 0 aliphatic carbocycles. The van der Waals surface area contributed by atoms with Gasteiger partial charge in [-0.05, 0) is 30.3 Å². The van der Waals surface area contributed by atoms with Gasteiger partial charge < -0.3 is 24.5 Å². The number of carboxylic acid groups (broad SMARTS) is 1. The summed E-state index contributed by atoms with van der Waals surface area (Å²) in [5.74, 6) is -1.59. The number of aromatic nitrogens is 1. The van der Waals surface area contributed by atoms with Gasteiger partial charge in [-0.25, -0.2) is 14.2 Å². The summed E-state index contributed by atoms with van der Waals surface area (Å²) in [5, 5.41) is 10.8. The van der Waals surface area contributed by atoms with Crippen molar-refractivity contribution in [2.75, 3.05) is 26.3 Å². The maximum Gasteiger partial charge on any atom is 0.420 e. The highest BCUT2D eigenvalue weighted by Crippen LogP contribution is 2.39.